The number of aromatic hydroxyl groups is 1. The van der Waals surface area contributed by atoms with Crippen LogP contribution in [0.5, 0.6) is 5.88 Å². The number of aromatic nitrogens is 3. The van der Waals surface area contributed by atoms with Crippen molar-refractivity contribution < 1.29 is 14.6 Å². The fraction of sp³-hybridized carbons (Fsp3) is 0.438. The summed E-state index contributed by atoms with van der Waals surface area (Å²) in [6.07, 6.45) is 1.18. The molecule has 0 bridgehead atoms. The van der Waals surface area contributed by atoms with Crippen LogP contribution in [-0.4, -0.2) is 68.4 Å². The van der Waals surface area contributed by atoms with Crippen LogP contribution in [0, 0.1) is 0 Å². The van der Waals surface area contributed by atoms with Gasteiger partial charge in [-0.1, -0.05) is 17.4 Å². The van der Waals surface area contributed by atoms with Gasteiger partial charge < -0.3 is 14.7 Å². The first-order valence-corrected chi connectivity index (χ1v) is 10.1. The highest BCUT2D eigenvalue weighted by Gasteiger charge is 2.33. The molecule has 1 atom stereocenters. The lowest BCUT2D eigenvalue weighted by Gasteiger charge is -2.38. The molecule has 10 heteroatoms. The lowest BCUT2D eigenvalue weighted by molar-refractivity contribution is 0.0719. The number of carbonyl (C=O) groups is 1. The fourth-order valence-electron chi connectivity index (χ4n) is 3.17. The van der Waals surface area contributed by atoms with Gasteiger partial charge in [-0.05, 0) is 18.4 Å². The number of piperazine rings is 1. The molecular weight excluding hydrogens is 374 g/mol. The van der Waals surface area contributed by atoms with Gasteiger partial charge in [-0.3, -0.25) is 4.90 Å². The molecule has 0 aromatic carbocycles. The number of thiophene rings is 1. The molecule has 0 saturated carbocycles. The summed E-state index contributed by atoms with van der Waals surface area (Å²) < 4.78 is 6.56. The molecule has 0 radical (unpaired) electrons. The van der Waals surface area contributed by atoms with Crippen LogP contribution in [0.4, 0.5) is 4.79 Å². The third-order valence-electron chi connectivity index (χ3n) is 4.41. The van der Waals surface area contributed by atoms with Crippen molar-refractivity contribution in [2.24, 2.45) is 0 Å². The number of hydrogen-bond donors (Lipinski definition) is 1. The summed E-state index contributed by atoms with van der Waals surface area (Å²) in [5, 5.41) is 16.8. The van der Waals surface area contributed by atoms with Gasteiger partial charge in [0.1, 0.15) is 6.33 Å². The predicted molar refractivity (Wildman–Crippen MR) is 98.9 cm³/mol. The van der Waals surface area contributed by atoms with Crippen LogP contribution >= 0.6 is 22.7 Å². The molecule has 3 aromatic heterocycles. The van der Waals surface area contributed by atoms with E-state index in [1.807, 2.05) is 18.4 Å². The van der Waals surface area contributed by atoms with Crippen molar-refractivity contribution in [2.45, 2.75) is 13.0 Å². The van der Waals surface area contributed by atoms with E-state index in [9.17, 15) is 9.90 Å². The molecule has 1 aliphatic rings. The largest absolute Gasteiger partial charge is 0.492 e. The monoisotopic (exact) mass is 393 g/mol. The average Bonchev–Trinajstić information content (AvgIpc) is 3.37. The van der Waals surface area contributed by atoms with E-state index >= 15 is 0 Å². The number of ether oxygens (including phenoxy) is 1. The van der Waals surface area contributed by atoms with Crippen LogP contribution in [0.3, 0.4) is 0 Å². The summed E-state index contributed by atoms with van der Waals surface area (Å²) in [4.78, 5) is 22.8. The number of hydrogen-bond acceptors (Lipinski definition) is 8. The zero-order valence-electron chi connectivity index (χ0n) is 14.2. The first-order valence-electron chi connectivity index (χ1n) is 8.39. The maximum atomic E-state index is 11.9. The van der Waals surface area contributed by atoms with Gasteiger partial charge in [0.15, 0.2) is 0 Å². The Labute approximate surface area is 158 Å². The summed E-state index contributed by atoms with van der Waals surface area (Å²) in [6, 6.07) is 4.01. The summed E-state index contributed by atoms with van der Waals surface area (Å²) in [6.45, 7) is 4.80. The zero-order chi connectivity index (χ0) is 18.1. The Morgan fingerprint density at radius 2 is 2.19 bits per heavy atom. The van der Waals surface area contributed by atoms with Crippen molar-refractivity contribution in [3.63, 3.8) is 0 Å². The second kappa shape index (κ2) is 7.22. The van der Waals surface area contributed by atoms with Gasteiger partial charge >= 0.3 is 6.09 Å². The number of thiazole rings is 1. The molecule has 8 nitrogen and oxygen atoms in total. The minimum Gasteiger partial charge on any atom is -0.492 e. The van der Waals surface area contributed by atoms with E-state index in [1.54, 1.807) is 16.2 Å². The Hall–Kier alpha value is -2.17. The molecule has 0 aliphatic carbocycles. The van der Waals surface area contributed by atoms with Crippen LogP contribution in [0.1, 0.15) is 22.7 Å². The third-order valence-corrected chi connectivity index (χ3v) is 6.42. The van der Waals surface area contributed by atoms with Gasteiger partial charge in [-0.25, -0.2) is 9.78 Å². The summed E-state index contributed by atoms with van der Waals surface area (Å²) in [5.74, 6) is 0.133. The van der Waals surface area contributed by atoms with Crippen molar-refractivity contribution in [3.8, 4) is 5.88 Å². The Morgan fingerprint density at radius 3 is 2.85 bits per heavy atom. The van der Waals surface area contributed by atoms with Crippen LogP contribution in [0.2, 0.25) is 0 Å². The molecule has 4 heterocycles. The van der Waals surface area contributed by atoms with Gasteiger partial charge in [-0.2, -0.15) is 9.61 Å². The van der Waals surface area contributed by atoms with Crippen molar-refractivity contribution >= 4 is 33.7 Å². The Morgan fingerprint density at radius 1 is 1.38 bits per heavy atom. The Kier molecular flexibility index (Phi) is 4.79. The molecule has 4 rings (SSSR count). The van der Waals surface area contributed by atoms with E-state index in [-0.39, 0.29) is 18.0 Å². The van der Waals surface area contributed by atoms with Crippen LogP contribution in [-0.2, 0) is 4.74 Å². The van der Waals surface area contributed by atoms with Crippen LogP contribution in [0.15, 0.2) is 23.8 Å². The number of rotatable bonds is 4. The van der Waals surface area contributed by atoms with E-state index in [2.05, 4.69) is 21.0 Å². The number of fused-ring (bicyclic) bond motifs is 1. The first-order chi connectivity index (χ1) is 12.7. The number of carbonyl (C=O) groups excluding carboxylic acids is 1. The Balaban J connectivity index is 1.60. The predicted octanol–water partition coefficient (Wildman–Crippen LogP) is 2.42. The second-order valence-electron chi connectivity index (χ2n) is 5.88. The quantitative estimate of drug-likeness (QED) is 0.733. The topological polar surface area (TPSA) is 83.2 Å². The SMILES string of the molecule is CCOC(=O)N1CCN([C@@H](c2cccs2)c2sc3ncnn3c2O)CC1. The van der Waals surface area contributed by atoms with Crippen LogP contribution < -0.4 is 0 Å². The smallest absolute Gasteiger partial charge is 0.409 e. The highest BCUT2D eigenvalue weighted by Crippen LogP contribution is 2.41. The molecule has 26 heavy (non-hydrogen) atoms. The normalized spacial score (nSPS) is 16.9. The molecular formula is C16H19N5O3S2. The maximum absolute atomic E-state index is 11.9. The average molecular weight is 393 g/mol. The lowest BCUT2D eigenvalue weighted by atomic mass is 10.1. The molecule has 3 aromatic rings. The lowest BCUT2D eigenvalue weighted by Crippen LogP contribution is -2.49. The second-order valence-corrected chi connectivity index (χ2v) is 7.87. The zero-order valence-corrected chi connectivity index (χ0v) is 15.9. The van der Waals surface area contributed by atoms with E-state index < -0.39 is 0 Å². The van der Waals surface area contributed by atoms with E-state index in [0.29, 0.717) is 37.7 Å². The third kappa shape index (κ3) is 3.04. The standard InChI is InChI=1S/C16H19N5O3S2/c1-2-24-16(23)20-7-5-19(6-8-20)12(11-4-3-9-25-11)13-14(22)21-15(26-13)17-10-18-21/h3-4,9-10,12,22H,2,5-8H2,1H3/t12-/m0/s1. The molecule has 1 aliphatic heterocycles. The van der Waals surface area contributed by atoms with Gasteiger partial charge in [0.2, 0.25) is 10.8 Å². The number of amides is 1. The molecule has 0 spiro atoms. The maximum Gasteiger partial charge on any atom is 0.409 e. The fourth-order valence-corrected chi connectivity index (χ4v) is 5.20. The minimum absolute atomic E-state index is 0.0761. The molecule has 0 unspecified atom stereocenters. The van der Waals surface area contributed by atoms with E-state index in [0.717, 1.165) is 9.75 Å². The molecule has 1 N–H and O–H groups in total. The highest BCUT2D eigenvalue weighted by molar-refractivity contribution is 7.17. The molecule has 1 saturated heterocycles. The van der Waals surface area contributed by atoms with Crippen molar-refractivity contribution in [2.75, 3.05) is 32.8 Å². The molecule has 1 amide bonds. The first kappa shape index (κ1) is 17.3. The minimum atomic E-state index is -0.263. The van der Waals surface area contributed by atoms with Crippen LogP contribution in [0.25, 0.3) is 4.96 Å². The number of nitrogens with zero attached hydrogens (tertiary/aromatic N) is 5. The van der Waals surface area contributed by atoms with Crippen molar-refractivity contribution in [1.82, 2.24) is 24.4 Å². The van der Waals surface area contributed by atoms with E-state index in [4.69, 9.17) is 4.74 Å². The van der Waals surface area contributed by atoms with Crippen molar-refractivity contribution in [1.29, 1.82) is 0 Å². The summed E-state index contributed by atoms with van der Waals surface area (Å²) in [7, 11) is 0. The van der Waals surface area contributed by atoms with Gasteiger partial charge in [0.25, 0.3) is 0 Å². The Bertz CT molecular complexity index is 883. The van der Waals surface area contributed by atoms with Gasteiger partial charge in [0.05, 0.1) is 17.5 Å². The van der Waals surface area contributed by atoms with Gasteiger partial charge in [0, 0.05) is 31.1 Å². The van der Waals surface area contributed by atoms with E-state index in [1.165, 1.54) is 22.2 Å². The van der Waals surface area contributed by atoms with Crippen molar-refractivity contribution in [3.05, 3.63) is 33.6 Å². The van der Waals surface area contributed by atoms with Gasteiger partial charge in [-0.15, -0.1) is 11.3 Å². The summed E-state index contributed by atoms with van der Waals surface area (Å²) in [5.41, 5.74) is 0. The molecule has 1 fully saturated rings. The summed E-state index contributed by atoms with van der Waals surface area (Å²) >= 11 is 3.10. The highest BCUT2D eigenvalue weighted by atomic mass is 32.1. The molecule has 138 valence electrons.